The molecule has 0 spiro atoms. The van der Waals surface area contributed by atoms with E-state index in [2.05, 4.69) is 31.2 Å². The molecule has 1 amide bonds. The highest BCUT2D eigenvalue weighted by atomic mass is 79.9. The fourth-order valence-corrected chi connectivity index (χ4v) is 2.47. The van der Waals surface area contributed by atoms with E-state index in [0.717, 1.165) is 28.5 Å². The first-order valence-electron chi connectivity index (χ1n) is 6.04. The van der Waals surface area contributed by atoms with Crippen molar-refractivity contribution in [2.24, 2.45) is 0 Å². The number of H-pyrrole nitrogens is 1. The monoisotopic (exact) mass is 324 g/mol. The van der Waals surface area contributed by atoms with Crippen molar-refractivity contribution in [2.75, 3.05) is 26.2 Å². The molecule has 2 N–H and O–H groups in total. The van der Waals surface area contributed by atoms with E-state index in [1.54, 1.807) is 17.2 Å². The molecule has 2 aromatic heterocycles. The summed E-state index contributed by atoms with van der Waals surface area (Å²) in [6, 6.07) is 1.75. The van der Waals surface area contributed by atoms with Gasteiger partial charge in [0, 0.05) is 48.3 Å². The number of halogens is 1. The summed E-state index contributed by atoms with van der Waals surface area (Å²) in [5.74, 6) is 0.316. The van der Waals surface area contributed by atoms with Gasteiger partial charge in [0.2, 0.25) is 5.88 Å². The molecule has 19 heavy (non-hydrogen) atoms. The number of carbonyl (C=O) groups is 1. The lowest BCUT2D eigenvalue weighted by atomic mass is 10.3. The van der Waals surface area contributed by atoms with E-state index in [-0.39, 0.29) is 6.09 Å². The van der Waals surface area contributed by atoms with Gasteiger partial charge >= 0.3 is 6.09 Å². The van der Waals surface area contributed by atoms with Crippen LogP contribution in [-0.4, -0.2) is 47.1 Å². The molecule has 7 heteroatoms. The van der Waals surface area contributed by atoms with Gasteiger partial charge in [0.1, 0.15) is 0 Å². The molecule has 1 saturated heterocycles. The maximum atomic E-state index is 11.9. The Labute approximate surface area is 118 Å². The van der Waals surface area contributed by atoms with Crippen molar-refractivity contribution in [1.29, 1.82) is 0 Å². The van der Waals surface area contributed by atoms with Gasteiger partial charge in [0.25, 0.3) is 0 Å². The molecule has 0 bridgehead atoms. The summed E-state index contributed by atoms with van der Waals surface area (Å²) in [7, 11) is 0. The van der Waals surface area contributed by atoms with Crippen LogP contribution in [0.15, 0.2) is 22.9 Å². The second-order valence-corrected chi connectivity index (χ2v) is 5.16. The van der Waals surface area contributed by atoms with Crippen LogP contribution in [0.1, 0.15) is 0 Å². The minimum absolute atomic E-state index is 0.316. The average molecular weight is 325 g/mol. The molecule has 3 heterocycles. The van der Waals surface area contributed by atoms with Crippen molar-refractivity contribution in [2.45, 2.75) is 0 Å². The summed E-state index contributed by atoms with van der Waals surface area (Å²) >= 11 is 3.43. The van der Waals surface area contributed by atoms with Crippen LogP contribution in [0.3, 0.4) is 0 Å². The molecule has 0 atom stereocenters. The van der Waals surface area contributed by atoms with E-state index in [0.29, 0.717) is 19.0 Å². The van der Waals surface area contributed by atoms with Crippen molar-refractivity contribution in [3.63, 3.8) is 0 Å². The van der Waals surface area contributed by atoms with Gasteiger partial charge in [-0.25, -0.2) is 9.78 Å². The second-order valence-electron chi connectivity index (χ2n) is 4.31. The first-order chi connectivity index (χ1) is 9.24. The zero-order valence-electron chi connectivity index (χ0n) is 10.1. The van der Waals surface area contributed by atoms with E-state index < -0.39 is 0 Å². The number of nitrogens with zero attached hydrogens (tertiary/aromatic N) is 2. The number of ether oxygens (including phenoxy) is 1. The highest BCUT2D eigenvalue weighted by molar-refractivity contribution is 9.10. The maximum absolute atomic E-state index is 11.9. The Balaban J connectivity index is 1.76. The van der Waals surface area contributed by atoms with Gasteiger partial charge in [-0.3, -0.25) is 0 Å². The molecule has 0 aliphatic carbocycles. The number of aromatic nitrogens is 2. The minimum Gasteiger partial charge on any atom is -0.391 e. The Kier molecular flexibility index (Phi) is 3.39. The quantitative estimate of drug-likeness (QED) is 0.838. The summed E-state index contributed by atoms with van der Waals surface area (Å²) in [6.07, 6.45) is 3.13. The Morgan fingerprint density at radius 1 is 1.42 bits per heavy atom. The number of piperazine rings is 1. The smallest absolute Gasteiger partial charge is 0.391 e. The Hall–Kier alpha value is -1.60. The maximum Gasteiger partial charge on any atom is 0.416 e. The van der Waals surface area contributed by atoms with Crippen LogP contribution in [-0.2, 0) is 0 Å². The van der Waals surface area contributed by atoms with Crippen LogP contribution in [0.25, 0.3) is 10.9 Å². The zero-order chi connectivity index (χ0) is 13.2. The van der Waals surface area contributed by atoms with Crippen LogP contribution >= 0.6 is 15.9 Å². The molecule has 0 aromatic carbocycles. The van der Waals surface area contributed by atoms with Gasteiger partial charge in [-0.15, -0.1) is 0 Å². The molecule has 0 saturated carbocycles. The average Bonchev–Trinajstić information content (AvgIpc) is 2.81. The molecule has 1 fully saturated rings. The number of hydrogen-bond donors (Lipinski definition) is 2. The van der Waals surface area contributed by atoms with Crippen LogP contribution in [0, 0.1) is 0 Å². The molecular formula is C12H13BrN4O2. The molecule has 100 valence electrons. The van der Waals surface area contributed by atoms with Gasteiger partial charge in [-0.05, 0) is 15.9 Å². The van der Waals surface area contributed by atoms with Crippen LogP contribution in [0.5, 0.6) is 5.88 Å². The number of aromatic amines is 1. The van der Waals surface area contributed by atoms with Crippen LogP contribution in [0.4, 0.5) is 4.79 Å². The standard InChI is InChI=1S/C12H13BrN4O2/c13-9-6-15-10-7-16-11(5-8(9)10)19-12(18)17-3-1-14-2-4-17/h5-7,14-15H,1-4H2. The molecule has 1 aliphatic heterocycles. The third-order valence-electron chi connectivity index (χ3n) is 3.06. The third-order valence-corrected chi connectivity index (χ3v) is 3.71. The zero-order valence-corrected chi connectivity index (χ0v) is 11.7. The molecular weight excluding hydrogens is 312 g/mol. The van der Waals surface area contributed by atoms with Crippen LogP contribution in [0.2, 0.25) is 0 Å². The number of carbonyl (C=O) groups excluding carboxylic acids is 1. The highest BCUT2D eigenvalue weighted by Crippen LogP contribution is 2.25. The first-order valence-corrected chi connectivity index (χ1v) is 6.83. The van der Waals surface area contributed by atoms with Crippen molar-refractivity contribution in [1.82, 2.24) is 20.2 Å². The molecule has 1 aliphatic rings. The van der Waals surface area contributed by atoms with Gasteiger partial charge in [-0.1, -0.05) is 0 Å². The lowest BCUT2D eigenvalue weighted by Gasteiger charge is -2.26. The largest absolute Gasteiger partial charge is 0.416 e. The fourth-order valence-electron chi connectivity index (χ4n) is 2.02. The number of nitrogens with one attached hydrogen (secondary N) is 2. The van der Waals surface area contributed by atoms with Crippen LogP contribution < -0.4 is 10.1 Å². The highest BCUT2D eigenvalue weighted by Gasteiger charge is 2.18. The van der Waals surface area contributed by atoms with Gasteiger partial charge in [0.15, 0.2) is 0 Å². The normalized spacial score (nSPS) is 15.7. The second kappa shape index (κ2) is 5.18. The Morgan fingerprint density at radius 2 is 2.21 bits per heavy atom. The van der Waals surface area contributed by atoms with E-state index in [4.69, 9.17) is 4.74 Å². The molecule has 0 unspecified atom stereocenters. The number of fused-ring (bicyclic) bond motifs is 1. The molecule has 0 radical (unpaired) electrons. The summed E-state index contributed by atoms with van der Waals surface area (Å²) in [6.45, 7) is 2.92. The first kappa shape index (κ1) is 12.4. The summed E-state index contributed by atoms with van der Waals surface area (Å²) in [5, 5.41) is 4.13. The minimum atomic E-state index is -0.347. The van der Waals surface area contributed by atoms with Gasteiger partial charge < -0.3 is 19.9 Å². The lowest BCUT2D eigenvalue weighted by Crippen LogP contribution is -2.47. The van der Waals surface area contributed by atoms with E-state index >= 15 is 0 Å². The van der Waals surface area contributed by atoms with E-state index in [9.17, 15) is 4.79 Å². The third kappa shape index (κ3) is 2.57. The molecule has 3 rings (SSSR count). The Morgan fingerprint density at radius 3 is 3.00 bits per heavy atom. The van der Waals surface area contributed by atoms with Crippen molar-refractivity contribution >= 4 is 32.9 Å². The van der Waals surface area contributed by atoms with Crippen molar-refractivity contribution in [3.8, 4) is 5.88 Å². The number of rotatable bonds is 1. The van der Waals surface area contributed by atoms with Gasteiger partial charge in [-0.2, -0.15) is 0 Å². The predicted octanol–water partition coefficient (Wildman–Crippen LogP) is 1.73. The molecule has 6 nitrogen and oxygen atoms in total. The van der Waals surface area contributed by atoms with Crippen molar-refractivity contribution in [3.05, 3.63) is 22.9 Å². The topological polar surface area (TPSA) is 70.2 Å². The number of amides is 1. The van der Waals surface area contributed by atoms with Gasteiger partial charge in [0.05, 0.1) is 11.7 Å². The summed E-state index contributed by atoms with van der Waals surface area (Å²) in [5.41, 5.74) is 0.897. The SMILES string of the molecule is O=C(Oc1cc2c(Br)c[nH]c2cn1)N1CCNCC1. The van der Waals surface area contributed by atoms with Crippen molar-refractivity contribution < 1.29 is 9.53 Å². The lowest BCUT2D eigenvalue weighted by molar-refractivity contribution is 0.144. The fraction of sp³-hybridized carbons (Fsp3) is 0.333. The summed E-state index contributed by atoms with van der Waals surface area (Å²) in [4.78, 5) is 20.8. The van der Waals surface area contributed by atoms with E-state index in [1.165, 1.54) is 0 Å². The Bertz CT molecular complexity index is 607. The number of pyridine rings is 1. The summed E-state index contributed by atoms with van der Waals surface area (Å²) < 4.78 is 6.22. The van der Waals surface area contributed by atoms with E-state index in [1.807, 2.05) is 6.20 Å². The number of hydrogen-bond acceptors (Lipinski definition) is 4. The molecule has 2 aromatic rings. The predicted molar refractivity (Wildman–Crippen MR) is 74.3 cm³/mol.